The minimum Gasteiger partial charge on any atom is -0.496 e. The van der Waals surface area contributed by atoms with Crippen LogP contribution in [0, 0.1) is 5.82 Å². The van der Waals surface area contributed by atoms with Crippen LogP contribution >= 0.6 is 0 Å². The van der Waals surface area contributed by atoms with Crippen LogP contribution in [0.4, 0.5) is 10.2 Å². The molecule has 0 atom stereocenters. The SMILES string of the molecule is COc1cccc(F)c1C(=O)Nc1cc(C(C)(C)C)[nH]n1. The van der Waals surface area contributed by atoms with Crippen LogP contribution in [-0.4, -0.2) is 23.2 Å². The molecule has 1 heterocycles. The Bertz CT molecular complexity index is 659. The monoisotopic (exact) mass is 291 g/mol. The summed E-state index contributed by atoms with van der Waals surface area (Å²) in [5.74, 6) is -0.718. The van der Waals surface area contributed by atoms with Gasteiger partial charge in [0.25, 0.3) is 5.91 Å². The number of H-pyrrole nitrogens is 1. The van der Waals surface area contributed by atoms with Crippen molar-refractivity contribution in [3.63, 3.8) is 0 Å². The van der Waals surface area contributed by atoms with Crippen LogP contribution in [-0.2, 0) is 5.41 Å². The number of rotatable bonds is 3. The van der Waals surface area contributed by atoms with Crippen LogP contribution in [0.5, 0.6) is 5.75 Å². The molecule has 6 heteroatoms. The number of methoxy groups -OCH3 is 1. The predicted molar refractivity (Wildman–Crippen MR) is 78.2 cm³/mol. The fourth-order valence-electron chi connectivity index (χ4n) is 1.84. The second kappa shape index (κ2) is 5.55. The average Bonchev–Trinajstić information content (AvgIpc) is 2.86. The molecule has 0 spiro atoms. The van der Waals surface area contributed by atoms with E-state index in [2.05, 4.69) is 15.5 Å². The van der Waals surface area contributed by atoms with Gasteiger partial charge in [0.2, 0.25) is 0 Å². The highest BCUT2D eigenvalue weighted by molar-refractivity contribution is 6.06. The van der Waals surface area contributed by atoms with Gasteiger partial charge in [-0.3, -0.25) is 9.89 Å². The predicted octanol–water partition coefficient (Wildman–Crippen LogP) is 3.11. The van der Waals surface area contributed by atoms with E-state index in [1.54, 1.807) is 6.07 Å². The topological polar surface area (TPSA) is 67.0 Å². The molecule has 0 saturated heterocycles. The summed E-state index contributed by atoms with van der Waals surface area (Å²) >= 11 is 0. The van der Waals surface area contributed by atoms with Crippen LogP contribution in [0.3, 0.4) is 0 Å². The molecule has 0 unspecified atom stereocenters. The molecule has 1 aromatic heterocycles. The van der Waals surface area contributed by atoms with Gasteiger partial charge in [0.1, 0.15) is 17.1 Å². The van der Waals surface area contributed by atoms with E-state index in [4.69, 9.17) is 4.74 Å². The number of carbonyl (C=O) groups excluding carboxylic acids is 1. The van der Waals surface area contributed by atoms with Crippen molar-refractivity contribution in [3.8, 4) is 5.75 Å². The number of amides is 1. The van der Waals surface area contributed by atoms with Gasteiger partial charge in [-0.25, -0.2) is 4.39 Å². The van der Waals surface area contributed by atoms with Gasteiger partial charge >= 0.3 is 0 Å². The fourth-order valence-corrected chi connectivity index (χ4v) is 1.84. The van der Waals surface area contributed by atoms with Crippen LogP contribution in [0.1, 0.15) is 36.8 Å². The summed E-state index contributed by atoms with van der Waals surface area (Å²) in [5, 5.41) is 9.43. The van der Waals surface area contributed by atoms with E-state index in [1.165, 1.54) is 25.3 Å². The first kappa shape index (κ1) is 15.0. The number of hydrogen-bond acceptors (Lipinski definition) is 3. The summed E-state index contributed by atoms with van der Waals surface area (Å²) in [6, 6.07) is 5.95. The van der Waals surface area contributed by atoms with E-state index in [1.807, 2.05) is 20.8 Å². The number of nitrogens with zero attached hydrogens (tertiary/aromatic N) is 1. The molecule has 112 valence electrons. The summed E-state index contributed by atoms with van der Waals surface area (Å²) < 4.78 is 18.8. The van der Waals surface area contributed by atoms with Crippen LogP contribution < -0.4 is 10.1 Å². The zero-order valence-electron chi connectivity index (χ0n) is 12.5. The van der Waals surface area contributed by atoms with Gasteiger partial charge < -0.3 is 10.1 Å². The van der Waals surface area contributed by atoms with Crippen LogP contribution in [0.25, 0.3) is 0 Å². The third kappa shape index (κ3) is 3.21. The Hall–Kier alpha value is -2.37. The van der Waals surface area contributed by atoms with Gasteiger partial charge in [-0.2, -0.15) is 5.10 Å². The molecule has 2 rings (SSSR count). The highest BCUT2D eigenvalue weighted by atomic mass is 19.1. The molecule has 1 amide bonds. The molecule has 0 saturated carbocycles. The van der Waals surface area contributed by atoms with Crippen molar-refractivity contribution in [2.75, 3.05) is 12.4 Å². The summed E-state index contributed by atoms with van der Waals surface area (Å²) in [6.45, 7) is 6.06. The molecule has 2 aromatic rings. The number of aromatic amines is 1. The van der Waals surface area contributed by atoms with Gasteiger partial charge in [-0.1, -0.05) is 26.8 Å². The average molecular weight is 291 g/mol. The number of ether oxygens (including phenoxy) is 1. The number of hydrogen-bond donors (Lipinski definition) is 2. The lowest BCUT2D eigenvalue weighted by molar-refractivity contribution is 0.101. The molecule has 5 nitrogen and oxygen atoms in total. The van der Waals surface area contributed by atoms with Crippen molar-refractivity contribution < 1.29 is 13.9 Å². The Morgan fingerprint density at radius 3 is 2.67 bits per heavy atom. The molecular weight excluding hydrogens is 273 g/mol. The van der Waals surface area contributed by atoms with Crippen LogP contribution in [0.15, 0.2) is 24.3 Å². The minimum absolute atomic E-state index is 0.119. The minimum atomic E-state index is -0.640. The smallest absolute Gasteiger partial charge is 0.263 e. The molecule has 0 aliphatic heterocycles. The van der Waals surface area contributed by atoms with Crippen LogP contribution in [0.2, 0.25) is 0 Å². The maximum Gasteiger partial charge on any atom is 0.263 e. The van der Waals surface area contributed by atoms with Gasteiger partial charge in [-0.15, -0.1) is 0 Å². The second-order valence-electron chi connectivity index (χ2n) is 5.69. The first-order valence-corrected chi connectivity index (χ1v) is 6.52. The van der Waals surface area contributed by atoms with E-state index in [-0.39, 0.29) is 16.7 Å². The number of aromatic nitrogens is 2. The molecule has 1 aromatic carbocycles. The standard InChI is InChI=1S/C15H18FN3O2/c1-15(2,3)11-8-12(19-18-11)17-14(20)13-9(16)6-5-7-10(13)21-4/h5-8H,1-4H3,(H2,17,18,19,20). The Morgan fingerprint density at radius 1 is 1.38 bits per heavy atom. The number of anilines is 1. The quantitative estimate of drug-likeness (QED) is 0.913. The number of carbonyl (C=O) groups is 1. The van der Waals surface area contributed by atoms with Crippen molar-refractivity contribution >= 4 is 11.7 Å². The summed E-state index contributed by atoms with van der Waals surface area (Å²) in [7, 11) is 1.39. The first-order chi connectivity index (χ1) is 9.82. The summed E-state index contributed by atoms with van der Waals surface area (Å²) in [4.78, 5) is 12.2. The number of benzene rings is 1. The largest absolute Gasteiger partial charge is 0.496 e. The molecule has 0 aliphatic carbocycles. The summed E-state index contributed by atoms with van der Waals surface area (Å²) in [5.41, 5.74) is 0.615. The molecule has 0 fully saturated rings. The molecule has 0 radical (unpaired) electrons. The molecule has 0 aliphatic rings. The fraction of sp³-hybridized carbons (Fsp3) is 0.333. The first-order valence-electron chi connectivity index (χ1n) is 6.52. The second-order valence-corrected chi connectivity index (χ2v) is 5.69. The van der Waals surface area contributed by atoms with Crippen molar-refractivity contribution in [3.05, 3.63) is 41.3 Å². The van der Waals surface area contributed by atoms with Gasteiger partial charge in [0.15, 0.2) is 5.82 Å². The van der Waals surface area contributed by atoms with E-state index in [0.29, 0.717) is 5.82 Å². The molecular formula is C15H18FN3O2. The Morgan fingerprint density at radius 2 is 2.10 bits per heavy atom. The number of halogens is 1. The van der Waals surface area contributed by atoms with E-state index < -0.39 is 11.7 Å². The zero-order chi connectivity index (χ0) is 15.6. The maximum absolute atomic E-state index is 13.8. The normalized spacial score (nSPS) is 11.3. The van der Waals surface area contributed by atoms with Crippen molar-refractivity contribution in [1.29, 1.82) is 0 Å². The molecule has 0 bridgehead atoms. The summed E-state index contributed by atoms with van der Waals surface area (Å²) in [6.07, 6.45) is 0. The Kier molecular flexibility index (Phi) is 3.97. The highest BCUT2D eigenvalue weighted by Gasteiger charge is 2.20. The van der Waals surface area contributed by atoms with E-state index in [0.717, 1.165) is 5.69 Å². The van der Waals surface area contributed by atoms with Gasteiger partial charge in [-0.05, 0) is 12.1 Å². The lowest BCUT2D eigenvalue weighted by atomic mass is 9.92. The third-order valence-electron chi connectivity index (χ3n) is 3.05. The lowest BCUT2D eigenvalue weighted by Crippen LogP contribution is -2.15. The Balaban J connectivity index is 2.25. The van der Waals surface area contributed by atoms with E-state index >= 15 is 0 Å². The van der Waals surface area contributed by atoms with Crippen molar-refractivity contribution in [2.45, 2.75) is 26.2 Å². The Labute approximate surface area is 122 Å². The van der Waals surface area contributed by atoms with Crippen molar-refractivity contribution in [1.82, 2.24) is 10.2 Å². The zero-order valence-corrected chi connectivity index (χ0v) is 12.5. The third-order valence-corrected chi connectivity index (χ3v) is 3.05. The number of nitrogens with one attached hydrogen (secondary N) is 2. The van der Waals surface area contributed by atoms with Gasteiger partial charge in [0.05, 0.1) is 7.11 Å². The maximum atomic E-state index is 13.8. The highest BCUT2D eigenvalue weighted by Crippen LogP contribution is 2.24. The molecule has 2 N–H and O–H groups in total. The van der Waals surface area contributed by atoms with E-state index in [9.17, 15) is 9.18 Å². The van der Waals surface area contributed by atoms with Gasteiger partial charge in [0, 0.05) is 17.2 Å². The molecule has 21 heavy (non-hydrogen) atoms. The lowest BCUT2D eigenvalue weighted by Gasteiger charge is -2.14. The van der Waals surface area contributed by atoms with Crippen molar-refractivity contribution in [2.24, 2.45) is 0 Å².